The lowest BCUT2D eigenvalue weighted by molar-refractivity contribution is -0.133. The van der Waals surface area contributed by atoms with Crippen molar-refractivity contribution >= 4 is 45.8 Å². The number of carbonyl (C=O) groups excluding carboxylic acids is 4. The summed E-state index contributed by atoms with van der Waals surface area (Å²) >= 11 is 0. The van der Waals surface area contributed by atoms with Crippen LogP contribution in [-0.2, 0) is 14.4 Å². The number of hydrogen-bond acceptors (Lipinski definition) is 6. The number of fused-ring (bicyclic) bond motifs is 1. The van der Waals surface area contributed by atoms with Gasteiger partial charge in [-0.25, -0.2) is 4.98 Å². The highest BCUT2D eigenvalue weighted by molar-refractivity contribution is 6.02. The molecule has 2 saturated heterocycles. The van der Waals surface area contributed by atoms with Gasteiger partial charge in [0.15, 0.2) is 5.78 Å². The number of aromatic nitrogens is 1. The largest absolute Gasteiger partial charge is 0.362 e. The first-order valence-corrected chi connectivity index (χ1v) is 14.6. The summed E-state index contributed by atoms with van der Waals surface area (Å²) in [5.74, 6) is -0.673. The second-order valence-corrected chi connectivity index (χ2v) is 11.3. The number of anilines is 2. The molecule has 2 aliphatic heterocycles. The number of amides is 3. The number of para-hydroxylation sites is 3. The number of piperidine rings is 1. The van der Waals surface area contributed by atoms with Gasteiger partial charge in [-0.05, 0) is 49.9 Å². The molecule has 3 aliphatic rings. The molecule has 2 N–H and O–H groups in total. The molecule has 3 amide bonds. The second kappa shape index (κ2) is 11.3. The Morgan fingerprint density at radius 3 is 2.37 bits per heavy atom. The topological polar surface area (TPSA) is 112 Å². The summed E-state index contributed by atoms with van der Waals surface area (Å²) in [5, 5.41) is 6.96. The van der Waals surface area contributed by atoms with Crippen LogP contribution in [0, 0.1) is 0 Å². The standard InChI is InChI=1S/C32H35N5O4/c38-28-21-36(26-11-4-5-12-27(26)37-19-8-13-29(37)39)20-16-24(28)34-31(41)32(17-6-1-7-18-32)35-30(40)25-15-14-22-9-2-3-10-23(22)33-25/h2-5,9-12,14-15,24H,1,6-8,13,16-21H2,(H,34,41)(H,35,40). The van der Waals surface area contributed by atoms with Crippen LogP contribution in [0.3, 0.4) is 0 Å². The fourth-order valence-corrected chi connectivity index (χ4v) is 6.38. The average molecular weight is 554 g/mol. The van der Waals surface area contributed by atoms with Crippen LogP contribution >= 0.6 is 0 Å². The minimum Gasteiger partial charge on any atom is -0.362 e. The molecule has 3 aromatic rings. The quantitative estimate of drug-likeness (QED) is 0.481. The molecule has 9 heteroatoms. The number of rotatable bonds is 6. The van der Waals surface area contributed by atoms with E-state index in [9.17, 15) is 19.2 Å². The zero-order valence-electron chi connectivity index (χ0n) is 23.1. The minimum absolute atomic E-state index is 0.0827. The molecule has 9 nitrogen and oxygen atoms in total. The van der Waals surface area contributed by atoms with Crippen LogP contribution in [0.25, 0.3) is 10.9 Å². The minimum atomic E-state index is -1.08. The normalized spacial score (nSPS) is 20.7. The number of ketones is 1. The number of nitrogens with zero attached hydrogens (tertiary/aromatic N) is 3. The molecular weight excluding hydrogens is 518 g/mol. The molecule has 1 saturated carbocycles. The maximum atomic E-state index is 13.8. The van der Waals surface area contributed by atoms with Gasteiger partial charge in [-0.3, -0.25) is 19.2 Å². The predicted molar refractivity (Wildman–Crippen MR) is 157 cm³/mol. The zero-order valence-corrected chi connectivity index (χ0v) is 23.1. The van der Waals surface area contributed by atoms with Crippen LogP contribution in [0.2, 0.25) is 0 Å². The highest BCUT2D eigenvalue weighted by Gasteiger charge is 2.43. The Kier molecular flexibility index (Phi) is 7.43. The number of carbonyl (C=O) groups is 4. The lowest BCUT2D eigenvalue weighted by Crippen LogP contribution is -2.63. The Morgan fingerprint density at radius 1 is 0.854 bits per heavy atom. The summed E-state index contributed by atoms with van der Waals surface area (Å²) in [5.41, 5.74) is 1.59. The van der Waals surface area contributed by atoms with Crippen LogP contribution in [-0.4, -0.2) is 59.7 Å². The van der Waals surface area contributed by atoms with Crippen LogP contribution < -0.4 is 20.4 Å². The van der Waals surface area contributed by atoms with E-state index in [1.807, 2.05) is 59.5 Å². The van der Waals surface area contributed by atoms with Gasteiger partial charge in [-0.1, -0.05) is 55.7 Å². The fraction of sp³-hybridized carbons (Fsp3) is 0.406. The highest BCUT2D eigenvalue weighted by atomic mass is 16.2. The van der Waals surface area contributed by atoms with E-state index in [0.29, 0.717) is 38.8 Å². The molecule has 6 rings (SSSR count). The molecule has 0 spiro atoms. The van der Waals surface area contributed by atoms with Crippen LogP contribution in [0.5, 0.6) is 0 Å². The molecule has 1 aromatic heterocycles. The molecule has 3 fully saturated rings. The molecule has 3 heterocycles. The van der Waals surface area contributed by atoms with Crippen molar-refractivity contribution in [3.05, 3.63) is 66.4 Å². The van der Waals surface area contributed by atoms with Crippen molar-refractivity contribution in [1.29, 1.82) is 0 Å². The first-order chi connectivity index (χ1) is 19.9. The lowest BCUT2D eigenvalue weighted by atomic mass is 9.80. The Balaban J connectivity index is 1.15. The maximum absolute atomic E-state index is 13.8. The van der Waals surface area contributed by atoms with Gasteiger partial charge in [0.05, 0.1) is 29.5 Å². The first kappa shape index (κ1) is 26.9. The van der Waals surface area contributed by atoms with E-state index in [0.717, 1.165) is 48.0 Å². The van der Waals surface area contributed by atoms with Crippen molar-refractivity contribution in [2.75, 3.05) is 29.4 Å². The number of Topliss-reactive ketones (excluding diaryl/α,β-unsaturated/α-hetero) is 1. The van der Waals surface area contributed by atoms with E-state index >= 15 is 0 Å². The van der Waals surface area contributed by atoms with E-state index in [2.05, 4.69) is 15.6 Å². The third-order valence-corrected chi connectivity index (χ3v) is 8.64. The maximum Gasteiger partial charge on any atom is 0.270 e. The van der Waals surface area contributed by atoms with E-state index in [1.165, 1.54) is 0 Å². The molecule has 0 radical (unpaired) electrons. The third kappa shape index (κ3) is 5.40. The van der Waals surface area contributed by atoms with Crippen LogP contribution in [0.15, 0.2) is 60.7 Å². The number of hydrogen-bond donors (Lipinski definition) is 2. The van der Waals surface area contributed by atoms with Crippen molar-refractivity contribution < 1.29 is 19.2 Å². The summed E-state index contributed by atoms with van der Waals surface area (Å²) in [6, 6.07) is 18.2. The first-order valence-electron chi connectivity index (χ1n) is 14.6. The van der Waals surface area contributed by atoms with E-state index in [1.54, 1.807) is 11.0 Å². The Bertz CT molecular complexity index is 1500. The Labute approximate surface area is 239 Å². The van der Waals surface area contributed by atoms with E-state index in [4.69, 9.17) is 0 Å². The molecular formula is C32H35N5O4. The van der Waals surface area contributed by atoms with E-state index < -0.39 is 11.6 Å². The molecule has 1 unspecified atom stereocenters. The van der Waals surface area contributed by atoms with Gasteiger partial charge in [0.25, 0.3) is 5.91 Å². The molecule has 41 heavy (non-hydrogen) atoms. The van der Waals surface area contributed by atoms with Crippen molar-refractivity contribution in [2.45, 2.75) is 62.9 Å². The SMILES string of the molecule is O=C(NC1(C(=O)NC2CCN(c3ccccc3N3CCCC3=O)CC2=O)CCCCC1)c1ccc2ccccc2n1. The number of benzene rings is 2. The van der Waals surface area contributed by atoms with Crippen molar-refractivity contribution in [3.63, 3.8) is 0 Å². The molecule has 212 valence electrons. The van der Waals surface area contributed by atoms with Gasteiger partial charge >= 0.3 is 0 Å². The van der Waals surface area contributed by atoms with Crippen molar-refractivity contribution in [1.82, 2.24) is 15.6 Å². The fourth-order valence-electron chi connectivity index (χ4n) is 6.38. The Hall–Kier alpha value is -4.27. The summed E-state index contributed by atoms with van der Waals surface area (Å²) in [6.45, 7) is 1.39. The van der Waals surface area contributed by atoms with Gasteiger partial charge in [-0.15, -0.1) is 0 Å². The molecule has 2 aromatic carbocycles. The molecule has 1 aliphatic carbocycles. The van der Waals surface area contributed by atoms with Gasteiger partial charge in [-0.2, -0.15) is 0 Å². The Morgan fingerprint density at radius 2 is 1.61 bits per heavy atom. The van der Waals surface area contributed by atoms with Crippen molar-refractivity contribution in [2.24, 2.45) is 0 Å². The van der Waals surface area contributed by atoms with Crippen LogP contribution in [0.1, 0.15) is 61.9 Å². The van der Waals surface area contributed by atoms with Gasteiger partial charge in [0.2, 0.25) is 11.8 Å². The highest BCUT2D eigenvalue weighted by Crippen LogP contribution is 2.34. The summed E-state index contributed by atoms with van der Waals surface area (Å²) in [4.78, 5) is 61.2. The average Bonchev–Trinajstić information content (AvgIpc) is 3.43. The summed E-state index contributed by atoms with van der Waals surface area (Å²) in [7, 11) is 0. The summed E-state index contributed by atoms with van der Waals surface area (Å²) < 4.78 is 0. The van der Waals surface area contributed by atoms with E-state index in [-0.39, 0.29) is 35.7 Å². The smallest absolute Gasteiger partial charge is 0.270 e. The molecule has 1 atom stereocenters. The van der Waals surface area contributed by atoms with Gasteiger partial charge in [0, 0.05) is 24.9 Å². The van der Waals surface area contributed by atoms with Crippen molar-refractivity contribution in [3.8, 4) is 0 Å². The third-order valence-electron chi connectivity index (χ3n) is 8.64. The zero-order chi connectivity index (χ0) is 28.4. The summed E-state index contributed by atoms with van der Waals surface area (Å²) in [6.07, 6.45) is 5.48. The van der Waals surface area contributed by atoms with Crippen LogP contribution in [0.4, 0.5) is 11.4 Å². The molecule has 0 bridgehead atoms. The second-order valence-electron chi connectivity index (χ2n) is 11.3. The lowest BCUT2D eigenvalue weighted by Gasteiger charge is -2.39. The van der Waals surface area contributed by atoms with Gasteiger partial charge in [0.1, 0.15) is 11.2 Å². The van der Waals surface area contributed by atoms with Gasteiger partial charge < -0.3 is 20.4 Å². The number of pyridine rings is 1. The predicted octanol–water partition coefficient (Wildman–Crippen LogP) is 3.76. The monoisotopic (exact) mass is 553 g/mol. The number of nitrogens with one attached hydrogen (secondary N) is 2.